The van der Waals surface area contributed by atoms with Gasteiger partial charge in [-0.05, 0) is 0 Å². The van der Waals surface area contributed by atoms with Crippen molar-refractivity contribution in [1.82, 2.24) is 0 Å². The van der Waals surface area contributed by atoms with Crippen molar-refractivity contribution in [3.05, 3.63) is 0 Å². The van der Waals surface area contributed by atoms with Gasteiger partial charge in [-0.25, -0.2) is 0 Å². The molecule has 0 aliphatic rings. The quantitative estimate of drug-likeness (QED) is 0.710. The van der Waals surface area contributed by atoms with Gasteiger partial charge in [0.15, 0.2) is 6.87 Å². The zero-order valence-corrected chi connectivity index (χ0v) is 16.4. The van der Waals surface area contributed by atoms with Crippen LogP contribution in [0.15, 0.2) is 0 Å². The fourth-order valence-electron chi connectivity index (χ4n) is 4.29. The lowest BCUT2D eigenvalue weighted by Crippen LogP contribution is -2.83. The molecule has 0 bridgehead atoms. The molecule has 0 aliphatic carbocycles. The molecule has 0 aliphatic heterocycles. The van der Waals surface area contributed by atoms with Crippen LogP contribution < -0.4 is 0 Å². The number of hydrogen-bond donors (Lipinski definition) is 0. The van der Waals surface area contributed by atoms with E-state index in [9.17, 15) is 0 Å². The van der Waals surface area contributed by atoms with Crippen LogP contribution in [0, 0.1) is 0 Å². The number of rotatable bonds is 4. The molecule has 0 spiro atoms. The Morgan fingerprint density at radius 3 is 0.733 bits per heavy atom. The maximum Gasteiger partial charge on any atom is 0.157 e. The normalized spacial score (nSPS) is 15.6. The maximum atomic E-state index is 6.36. The van der Waals surface area contributed by atoms with Crippen LogP contribution in [0.25, 0.3) is 0 Å². The first-order valence-corrected chi connectivity index (χ1v) is 21.3. The van der Waals surface area contributed by atoms with Crippen LogP contribution >= 0.6 is 0 Å². The van der Waals surface area contributed by atoms with Crippen LogP contribution in [0.4, 0.5) is 0 Å². The second kappa shape index (κ2) is 4.25. The van der Waals surface area contributed by atoms with E-state index in [1.165, 1.54) is 0 Å². The first-order valence-electron chi connectivity index (χ1n) is 5.86. The molecular formula is C10H30OSi4. The molecule has 1 nitrogen and oxygen atoms in total. The molecule has 0 N–H and O–H groups in total. The van der Waals surface area contributed by atoms with Crippen LogP contribution in [0.1, 0.15) is 0 Å². The van der Waals surface area contributed by atoms with Crippen molar-refractivity contribution in [1.29, 1.82) is 0 Å². The highest BCUT2D eigenvalue weighted by atomic mass is 29.9. The summed E-state index contributed by atoms with van der Waals surface area (Å²) >= 11 is 0. The van der Waals surface area contributed by atoms with Crippen molar-refractivity contribution in [3.63, 3.8) is 0 Å². The lowest BCUT2D eigenvalue weighted by molar-refractivity contribution is 0.435. The molecule has 0 fully saturated rings. The first kappa shape index (κ1) is 15.8. The van der Waals surface area contributed by atoms with Gasteiger partial charge in [-0.1, -0.05) is 58.9 Å². The highest BCUT2D eigenvalue weighted by Crippen LogP contribution is 2.37. The van der Waals surface area contributed by atoms with Crippen LogP contribution in [0.5, 0.6) is 0 Å². The minimum atomic E-state index is -1.46. The van der Waals surface area contributed by atoms with Gasteiger partial charge in [0.25, 0.3) is 0 Å². The van der Waals surface area contributed by atoms with Gasteiger partial charge in [0.2, 0.25) is 0 Å². The van der Waals surface area contributed by atoms with Crippen molar-refractivity contribution >= 4 is 29.6 Å². The Morgan fingerprint density at radius 1 is 0.533 bits per heavy atom. The highest BCUT2D eigenvalue weighted by molar-refractivity contribution is 7.87. The molecule has 0 radical (unpaired) electrons. The van der Waals surface area contributed by atoms with E-state index in [0.29, 0.717) is 0 Å². The highest BCUT2D eigenvalue weighted by Gasteiger charge is 2.63. The average molecular weight is 279 g/mol. The van der Waals surface area contributed by atoms with E-state index < -0.39 is 29.6 Å². The summed E-state index contributed by atoms with van der Waals surface area (Å²) in [6.45, 7) is 21.4. The van der Waals surface area contributed by atoms with Gasteiger partial charge in [0, 0.05) is 7.11 Å². The summed E-state index contributed by atoms with van der Waals surface area (Å²) in [5.41, 5.74) is 0. The Balaban J connectivity index is 5.78. The SMILES string of the molecule is CO[Si]([Si](C)(C)C)([Si](C)(C)C)[Si](C)(C)C. The van der Waals surface area contributed by atoms with Gasteiger partial charge in [-0.2, -0.15) is 0 Å². The molecule has 5 heteroatoms. The average Bonchev–Trinajstić information content (AvgIpc) is 1.76. The fraction of sp³-hybridized carbons (Fsp3) is 1.00. The van der Waals surface area contributed by atoms with Gasteiger partial charge in [0.05, 0.1) is 22.8 Å². The molecule has 0 aromatic carbocycles. The summed E-state index contributed by atoms with van der Waals surface area (Å²) < 4.78 is 6.36. The third-order valence-corrected chi connectivity index (χ3v) is 71.8. The van der Waals surface area contributed by atoms with Crippen LogP contribution in [0.2, 0.25) is 58.9 Å². The molecule has 0 unspecified atom stereocenters. The minimum absolute atomic E-state index is 1.17. The molecule has 0 saturated carbocycles. The predicted molar refractivity (Wildman–Crippen MR) is 82.8 cm³/mol. The summed E-state index contributed by atoms with van der Waals surface area (Å²) in [4.78, 5) is 0. The number of hydrogen-bond acceptors (Lipinski definition) is 1. The first-order chi connectivity index (χ1) is 6.31. The molecule has 92 valence electrons. The van der Waals surface area contributed by atoms with Gasteiger partial charge in [-0.15, -0.1) is 0 Å². The van der Waals surface area contributed by atoms with Crippen LogP contribution in [-0.4, -0.2) is 36.8 Å². The van der Waals surface area contributed by atoms with Gasteiger partial charge >= 0.3 is 0 Å². The fourth-order valence-corrected chi connectivity index (χ4v) is 99.4. The minimum Gasteiger partial charge on any atom is -0.429 e. The zero-order valence-electron chi connectivity index (χ0n) is 12.4. The Morgan fingerprint density at radius 2 is 0.733 bits per heavy atom. The van der Waals surface area contributed by atoms with Crippen molar-refractivity contribution in [2.24, 2.45) is 0 Å². The topological polar surface area (TPSA) is 9.23 Å². The monoisotopic (exact) mass is 278 g/mol. The molecule has 0 heterocycles. The van der Waals surface area contributed by atoms with E-state index in [2.05, 4.69) is 58.9 Å². The van der Waals surface area contributed by atoms with E-state index in [1.807, 2.05) is 7.11 Å². The molecule has 0 atom stereocenters. The molecule has 15 heavy (non-hydrogen) atoms. The molecule has 0 amide bonds. The summed E-state index contributed by atoms with van der Waals surface area (Å²) in [5.74, 6) is 0. The molecular weight excluding hydrogens is 248 g/mol. The second-order valence-corrected chi connectivity index (χ2v) is 47.2. The van der Waals surface area contributed by atoms with Crippen molar-refractivity contribution in [3.8, 4) is 0 Å². The van der Waals surface area contributed by atoms with Crippen molar-refractivity contribution in [2.75, 3.05) is 7.11 Å². The van der Waals surface area contributed by atoms with Gasteiger partial charge in [-0.3, -0.25) is 0 Å². The largest absolute Gasteiger partial charge is 0.429 e. The van der Waals surface area contributed by atoms with E-state index in [0.717, 1.165) is 0 Å². The van der Waals surface area contributed by atoms with Crippen LogP contribution in [0.3, 0.4) is 0 Å². The molecule has 0 aromatic heterocycles. The smallest absolute Gasteiger partial charge is 0.157 e. The third kappa shape index (κ3) is 2.57. The van der Waals surface area contributed by atoms with E-state index >= 15 is 0 Å². The second-order valence-electron chi connectivity index (χ2n) is 7.64. The summed E-state index contributed by atoms with van der Waals surface area (Å²) in [7, 11) is -1.49. The van der Waals surface area contributed by atoms with E-state index in [4.69, 9.17) is 4.43 Å². The lowest BCUT2D eigenvalue weighted by atomic mass is 11.8. The van der Waals surface area contributed by atoms with Gasteiger partial charge < -0.3 is 4.43 Å². The Labute approximate surface area is 100 Å². The Kier molecular flexibility index (Phi) is 4.48. The lowest BCUT2D eigenvalue weighted by Gasteiger charge is -2.55. The standard InChI is InChI=1S/C10H30OSi4/c1-11-15(12(2,3)4,13(5,6)7)14(8,9)10/h1-10H3. The Bertz CT molecular complexity index is 183. The van der Waals surface area contributed by atoms with E-state index in [1.54, 1.807) is 0 Å². The summed E-state index contributed by atoms with van der Waals surface area (Å²) in [6, 6.07) is 0. The molecule has 0 rings (SSSR count). The maximum absolute atomic E-state index is 6.36. The zero-order chi connectivity index (χ0) is 12.7. The molecule has 0 saturated heterocycles. The summed E-state index contributed by atoms with van der Waals surface area (Å²) in [5, 5.41) is 0. The van der Waals surface area contributed by atoms with Gasteiger partial charge in [0.1, 0.15) is 0 Å². The predicted octanol–water partition coefficient (Wildman–Crippen LogP) is 3.83. The van der Waals surface area contributed by atoms with Crippen molar-refractivity contribution < 1.29 is 4.43 Å². The van der Waals surface area contributed by atoms with Crippen molar-refractivity contribution in [2.45, 2.75) is 58.9 Å². The summed E-state index contributed by atoms with van der Waals surface area (Å²) in [6.07, 6.45) is 0. The Hall–Kier alpha value is 0.828. The van der Waals surface area contributed by atoms with Crippen LogP contribution in [-0.2, 0) is 4.43 Å². The molecule has 0 aromatic rings. The third-order valence-electron chi connectivity index (χ3n) is 3.47. The van der Waals surface area contributed by atoms with E-state index in [-0.39, 0.29) is 0 Å².